The zero-order valence-corrected chi connectivity index (χ0v) is 12.9. The summed E-state index contributed by atoms with van der Waals surface area (Å²) >= 11 is 0. The molecule has 1 aromatic rings. The van der Waals surface area contributed by atoms with Gasteiger partial charge in [-0.25, -0.2) is 0 Å². The van der Waals surface area contributed by atoms with E-state index in [1.54, 1.807) is 32.4 Å². The molecule has 0 unspecified atom stereocenters. The second kappa shape index (κ2) is 8.14. The van der Waals surface area contributed by atoms with Crippen LogP contribution in [0.2, 0.25) is 0 Å². The van der Waals surface area contributed by atoms with Crippen molar-refractivity contribution < 1.29 is 19.1 Å². The average Bonchev–Trinajstić information content (AvgIpc) is 2.51. The highest BCUT2D eigenvalue weighted by Gasteiger charge is 2.19. The van der Waals surface area contributed by atoms with Crippen molar-refractivity contribution in [2.75, 3.05) is 34.4 Å². The molecule has 1 N–H and O–H groups in total. The molecule has 0 heterocycles. The maximum Gasteiger partial charge on any atom is 0.257 e. The van der Waals surface area contributed by atoms with Gasteiger partial charge in [-0.1, -0.05) is 6.92 Å². The Hall–Kier alpha value is -2.24. The van der Waals surface area contributed by atoms with Crippen molar-refractivity contribution in [1.29, 1.82) is 0 Å². The molecular formula is C15H22N2O4. The highest BCUT2D eigenvalue weighted by molar-refractivity contribution is 5.98. The van der Waals surface area contributed by atoms with Crippen molar-refractivity contribution in [3.8, 4) is 11.5 Å². The number of nitrogens with zero attached hydrogens (tertiary/aromatic N) is 1. The normalized spacial score (nSPS) is 9.90. The van der Waals surface area contributed by atoms with Crippen LogP contribution in [0.4, 0.5) is 0 Å². The molecule has 0 saturated heterocycles. The van der Waals surface area contributed by atoms with E-state index in [2.05, 4.69) is 5.32 Å². The SMILES string of the molecule is CCCNC(=O)CN(C)C(=O)c1ccc(OC)cc1OC. The minimum Gasteiger partial charge on any atom is -0.497 e. The van der Waals surface area contributed by atoms with Crippen LogP contribution in [-0.2, 0) is 4.79 Å². The highest BCUT2D eigenvalue weighted by Crippen LogP contribution is 2.25. The number of carbonyl (C=O) groups is 2. The van der Waals surface area contributed by atoms with E-state index in [1.165, 1.54) is 12.0 Å². The van der Waals surface area contributed by atoms with E-state index in [-0.39, 0.29) is 18.4 Å². The third kappa shape index (κ3) is 4.66. The topological polar surface area (TPSA) is 67.9 Å². The number of rotatable bonds is 7. The fourth-order valence-corrected chi connectivity index (χ4v) is 1.79. The summed E-state index contributed by atoms with van der Waals surface area (Å²) < 4.78 is 10.3. The van der Waals surface area contributed by atoms with E-state index in [0.29, 0.717) is 23.6 Å². The molecule has 0 bridgehead atoms. The number of benzene rings is 1. The van der Waals surface area contributed by atoms with Gasteiger partial charge in [0.25, 0.3) is 5.91 Å². The summed E-state index contributed by atoms with van der Waals surface area (Å²) in [5.41, 5.74) is 0.393. The number of hydrogen-bond acceptors (Lipinski definition) is 4. The lowest BCUT2D eigenvalue weighted by Crippen LogP contribution is -2.38. The van der Waals surface area contributed by atoms with Crippen LogP contribution < -0.4 is 14.8 Å². The van der Waals surface area contributed by atoms with Gasteiger partial charge in [0.05, 0.1) is 26.3 Å². The molecule has 0 atom stereocenters. The van der Waals surface area contributed by atoms with Crippen molar-refractivity contribution in [3.63, 3.8) is 0 Å². The third-order valence-corrected chi connectivity index (χ3v) is 2.94. The van der Waals surface area contributed by atoms with E-state index in [9.17, 15) is 9.59 Å². The quantitative estimate of drug-likeness (QED) is 0.823. The molecule has 21 heavy (non-hydrogen) atoms. The van der Waals surface area contributed by atoms with Gasteiger partial charge in [0.1, 0.15) is 11.5 Å². The maximum atomic E-state index is 12.4. The predicted molar refractivity (Wildman–Crippen MR) is 79.8 cm³/mol. The van der Waals surface area contributed by atoms with Gasteiger partial charge >= 0.3 is 0 Å². The average molecular weight is 294 g/mol. The summed E-state index contributed by atoms with van der Waals surface area (Å²) in [6.07, 6.45) is 0.857. The first-order chi connectivity index (χ1) is 10.0. The first kappa shape index (κ1) is 16.8. The van der Waals surface area contributed by atoms with Gasteiger partial charge in [0.15, 0.2) is 0 Å². The van der Waals surface area contributed by atoms with Crippen molar-refractivity contribution in [2.45, 2.75) is 13.3 Å². The Morgan fingerprint density at radius 3 is 2.52 bits per heavy atom. The fourth-order valence-electron chi connectivity index (χ4n) is 1.79. The summed E-state index contributed by atoms with van der Waals surface area (Å²) in [7, 11) is 4.61. The molecule has 0 aliphatic carbocycles. The standard InChI is InChI=1S/C15H22N2O4/c1-5-8-16-14(18)10-17(2)15(19)12-7-6-11(20-3)9-13(12)21-4/h6-7,9H,5,8,10H2,1-4H3,(H,16,18). The second-order valence-electron chi connectivity index (χ2n) is 4.58. The van der Waals surface area contributed by atoms with Gasteiger partial charge in [-0.05, 0) is 18.6 Å². The zero-order valence-electron chi connectivity index (χ0n) is 12.9. The molecule has 116 valence electrons. The van der Waals surface area contributed by atoms with Crippen LogP contribution in [0, 0.1) is 0 Å². The smallest absolute Gasteiger partial charge is 0.257 e. The molecule has 0 spiro atoms. The Balaban J connectivity index is 2.80. The van der Waals surface area contributed by atoms with Crippen LogP contribution in [-0.4, -0.2) is 51.1 Å². The van der Waals surface area contributed by atoms with Gasteiger partial charge in [-0.2, -0.15) is 0 Å². The number of amides is 2. The van der Waals surface area contributed by atoms with E-state index in [0.717, 1.165) is 6.42 Å². The van der Waals surface area contributed by atoms with Gasteiger partial charge in [0.2, 0.25) is 5.91 Å². The molecule has 2 amide bonds. The minimum atomic E-state index is -0.277. The Bertz CT molecular complexity index is 502. The molecular weight excluding hydrogens is 272 g/mol. The number of carbonyl (C=O) groups excluding carboxylic acids is 2. The maximum absolute atomic E-state index is 12.4. The first-order valence-corrected chi connectivity index (χ1v) is 6.77. The van der Waals surface area contributed by atoms with Crippen molar-refractivity contribution in [2.24, 2.45) is 0 Å². The lowest BCUT2D eigenvalue weighted by atomic mass is 10.1. The summed E-state index contributed by atoms with van der Waals surface area (Å²) in [5, 5.41) is 2.73. The molecule has 6 heteroatoms. The molecule has 0 saturated carbocycles. The minimum absolute atomic E-state index is 0.00795. The van der Waals surface area contributed by atoms with Crippen molar-refractivity contribution in [3.05, 3.63) is 23.8 Å². The second-order valence-corrected chi connectivity index (χ2v) is 4.58. The molecule has 1 aromatic carbocycles. The van der Waals surface area contributed by atoms with E-state index in [4.69, 9.17) is 9.47 Å². The monoisotopic (exact) mass is 294 g/mol. The number of methoxy groups -OCH3 is 2. The number of nitrogens with one attached hydrogen (secondary N) is 1. The zero-order chi connectivity index (χ0) is 15.8. The number of hydrogen-bond donors (Lipinski definition) is 1. The predicted octanol–water partition coefficient (Wildman–Crippen LogP) is 1.30. The molecule has 0 radical (unpaired) electrons. The highest BCUT2D eigenvalue weighted by atomic mass is 16.5. The van der Waals surface area contributed by atoms with Gasteiger partial charge in [-0.15, -0.1) is 0 Å². The first-order valence-electron chi connectivity index (χ1n) is 6.77. The van der Waals surface area contributed by atoms with Crippen molar-refractivity contribution >= 4 is 11.8 Å². The molecule has 0 aliphatic heterocycles. The van der Waals surface area contributed by atoms with Crippen LogP contribution in [0.15, 0.2) is 18.2 Å². The summed E-state index contributed by atoms with van der Waals surface area (Å²) in [5.74, 6) is 0.563. The molecule has 0 fully saturated rings. The number of ether oxygens (including phenoxy) is 2. The molecule has 6 nitrogen and oxygen atoms in total. The fraction of sp³-hybridized carbons (Fsp3) is 0.467. The summed E-state index contributed by atoms with van der Waals surface area (Å²) in [4.78, 5) is 25.4. The van der Waals surface area contributed by atoms with Crippen LogP contribution in [0.5, 0.6) is 11.5 Å². The summed E-state index contributed by atoms with van der Waals surface area (Å²) in [6, 6.07) is 4.94. The number of likely N-dealkylation sites (N-methyl/N-ethyl adjacent to an activating group) is 1. The van der Waals surface area contributed by atoms with E-state index in [1.807, 2.05) is 6.92 Å². The van der Waals surface area contributed by atoms with Gasteiger partial charge in [0, 0.05) is 19.7 Å². The Morgan fingerprint density at radius 2 is 1.95 bits per heavy atom. The Kier molecular flexibility index (Phi) is 6.52. The van der Waals surface area contributed by atoms with E-state index >= 15 is 0 Å². The molecule has 1 rings (SSSR count). The van der Waals surface area contributed by atoms with Gasteiger partial charge in [-0.3, -0.25) is 9.59 Å². The Labute approximate surface area is 125 Å². The van der Waals surface area contributed by atoms with E-state index < -0.39 is 0 Å². The third-order valence-electron chi connectivity index (χ3n) is 2.94. The largest absolute Gasteiger partial charge is 0.497 e. The lowest BCUT2D eigenvalue weighted by molar-refractivity contribution is -0.121. The summed E-state index contributed by atoms with van der Waals surface area (Å²) in [6.45, 7) is 2.58. The van der Waals surface area contributed by atoms with Crippen LogP contribution in [0.1, 0.15) is 23.7 Å². The lowest BCUT2D eigenvalue weighted by Gasteiger charge is -2.18. The van der Waals surface area contributed by atoms with Gasteiger partial charge < -0.3 is 19.7 Å². The van der Waals surface area contributed by atoms with Crippen molar-refractivity contribution in [1.82, 2.24) is 10.2 Å². The Morgan fingerprint density at radius 1 is 1.24 bits per heavy atom. The molecule has 0 aromatic heterocycles. The molecule has 0 aliphatic rings. The van der Waals surface area contributed by atoms with Crippen LogP contribution in [0.25, 0.3) is 0 Å². The van der Waals surface area contributed by atoms with Crippen LogP contribution in [0.3, 0.4) is 0 Å². The van der Waals surface area contributed by atoms with Crippen LogP contribution >= 0.6 is 0 Å².